The Hall–Kier alpha value is -0.520. The van der Waals surface area contributed by atoms with Crippen molar-refractivity contribution >= 4 is 0 Å². The Labute approximate surface area is 138 Å². The highest BCUT2D eigenvalue weighted by molar-refractivity contribution is 5.21. The summed E-state index contributed by atoms with van der Waals surface area (Å²) in [6.07, 6.45) is 11.0. The third kappa shape index (κ3) is 9.49. The maximum absolute atomic E-state index is 10.8. The molecular weight excluding hydrogens is 272 g/mol. The van der Waals surface area contributed by atoms with Crippen molar-refractivity contribution in [2.45, 2.75) is 116 Å². The van der Waals surface area contributed by atoms with Gasteiger partial charge in [-0.2, -0.15) is 0 Å². The van der Waals surface area contributed by atoms with Crippen molar-refractivity contribution in [2.75, 3.05) is 0 Å². The van der Waals surface area contributed by atoms with E-state index in [1.54, 1.807) is 0 Å². The average molecular weight is 311 g/mol. The van der Waals surface area contributed by atoms with Crippen molar-refractivity contribution in [1.82, 2.24) is 0 Å². The molecule has 0 spiro atoms. The summed E-state index contributed by atoms with van der Waals surface area (Å²) in [4.78, 5) is 0. The molecule has 0 bridgehead atoms. The van der Waals surface area contributed by atoms with Gasteiger partial charge in [-0.3, -0.25) is 0 Å². The number of unbranched alkanes of at least 4 members (excludes halogenated alkanes) is 4. The predicted octanol–water partition coefficient (Wildman–Crippen LogP) is 5.21. The summed E-state index contributed by atoms with van der Waals surface area (Å²) in [7, 11) is 0. The van der Waals surface area contributed by atoms with E-state index < -0.39 is 11.2 Å². The Bertz CT molecular complexity index is 278. The zero-order valence-corrected chi connectivity index (χ0v) is 15.4. The molecule has 130 valence electrons. The summed E-state index contributed by atoms with van der Waals surface area (Å²) in [5, 5.41) is 21.6. The highest BCUT2D eigenvalue weighted by Gasteiger charge is 2.27. The van der Waals surface area contributed by atoms with Crippen molar-refractivity contribution in [3.05, 3.63) is 0 Å². The van der Waals surface area contributed by atoms with E-state index in [2.05, 4.69) is 39.5 Å². The summed E-state index contributed by atoms with van der Waals surface area (Å²) in [6, 6.07) is 0. The minimum Gasteiger partial charge on any atom is -0.378 e. The van der Waals surface area contributed by atoms with Crippen LogP contribution in [0.4, 0.5) is 0 Å². The maximum atomic E-state index is 10.8. The van der Waals surface area contributed by atoms with Crippen LogP contribution >= 0.6 is 0 Å². The number of hydrogen-bond acceptors (Lipinski definition) is 2. The van der Waals surface area contributed by atoms with E-state index in [0.717, 1.165) is 51.4 Å². The van der Waals surface area contributed by atoms with Crippen LogP contribution in [-0.4, -0.2) is 21.4 Å². The van der Waals surface area contributed by atoms with Crippen molar-refractivity contribution in [3.63, 3.8) is 0 Å². The number of aliphatic hydroxyl groups is 2. The smallest absolute Gasteiger partial charge is 0.125 e. The van der Waals surface area contributed by atoms with Gasteiger partial charge in [0.05, 0.1) is 0 Å². The molecule has 22 heavy (non-hydrogen) atoms. The third-order valence-electron chi connectivity index (χ3n) is 4.30. The normalized spacial score (nSPS) is 12.1. The first-order valence-corrected chi connectivity index (χ1v) is 9.44. The molecule has 0 aliphatic heterocycles. The molecule has 0 atom stereocenters. The summed E-state index contributed by atoms with van der Waals surface area (Å²) < 4.78 is 0. The van der Waals surface area contributed by atoms with Crippen LogP contribution in [-0.2, 0) is 0 Å². The van der Waals surface area contributed by atoms with Gasteiger partial charge < -0.3 is 10.2 Å². The van der Waals surface area contributed by atoms with Gasteiger partial charge in [0.15, 0.2) is 0 Å². The van der Waals surface area contributed by atoms with Crippen molar-refractivity contribution in [2.24, 2.45) is 0 Å². The largest absolute Gasteiger partial charge is 0.378 e. The standard InChI is InChI=1S/C20H38O2/c1-5-9-13-19(21,14-10-6-2)17-18-20(22,15-11-7-3)16-12-8-4/h21-22H,5-16H2,1-4H3. The molecule has 0 saturated carbocycles. The molecule has 0 amide bonds. The fourth-order valence-corrected chi connectivity index (χ4v) is 2.61. The van der Waals surface area contributed by atoms with Crippen LogP contribution in [0.3, 0.4) is 0 Å². The molecule has 0 aliphatic rings. The van der Waals surface area contributed by atoms with Gasteiger partial charge >= 0.3 is 0 Å². The zero-order valence-electron chi connectivity index (χ0n) is 15.4. The summed E-state index contributed by atoms with van der Waals surface area (Å²) in [6.45, 7) is 8.53. The van der Waals surface area contributed by atoms with Crippen molar-refractivity contribution < 1.29 is 10.2 Å². The van der Waals surface area contributed by atoms with E-state index in [9.17, 15) is 10.2 Å². The van der Waals surface area contributed by atoms with Crippen LogP contribution in [0.15, 0.2) is 0 Å². The van der Waals surface area contributed by atoms with Gasteiger partial charge in [-0.15, -0.1) is 0 Å². The Morgan fingerprint density at radius 1 is 0.545 bits per heavy atom. The molecule has 0 fully saturated rings. The molecule has 0 aliphatic carbocycles. The van der Waals surface area contributed by atoms with E-state index in [1.165, 1.54) is 0 Å². The van der Waals surface area contributed by atoms with Crippen molar-refractivity contribution in [1.29, 1.82) is 0 Å². The van der Waals surface area contributed by atoms with Crippen LogP contribution < -0.4 is 0 Å². The van der Waals surface area contributed by atoms with Gasteiger partial charge in [0.1, 0.15) is 11.2 Å². The molecule has 2 N–H and O–H groups in total. The quantitative estimate of drug-likeness (QED) is 0.486. The predicted molar refractivity (Wildman–Crippen MR) is 95.8 cm³/mol. The van der Waals surface area contributed by atoms with E-state index in [4.69, 9.17) is 0 Å². The molecule has 0 radical (unpaired) electrons. The van der Waals surface area contributed by atoms with Crippen LogP contribution in [0.2, 0.25) is 0 Å². The molecule has 0 aromatic rings. The molecule has 2 heteroatoms. The number of hydrogen-bond donors (Lipinski definition) is 2. The summed E-state index contributed by atoms with van der Waals surface area (Å²) in [5.74, 6) is 6.16. The molecule has 2 nitrogen and oxygen atoms in total. The highest BCUT2D eigenvalue weighted by Crippen LogP contribution is 2.24. The highest BCUT2D eigenvalue weighted by atomic mass is 16.3. The van der Waals surface area contributed by atoms with E-state index >= 15 is 0 Å². The van der Waals surface area contributed by atoms with Gasteiger partial charge in [-0.1, -0.05) is 65.2 Å². The second-order valence-corrected chi connectivity index (χ2v) is 6.73. The Balaban J connectivity index is 5.03. The zero-order chi connectivity index (χ0) is 16.9. The molecule has 0 saturated heterocycles. The van der Waals surface area contributed by atoms with E-state index in [1.807, 2.05) is 0 Å². The first-order valence-electron chi connectivity index (χ1n) is 9.44. The van der Waals surface area contributed by atoms with Gasteiger partial charge in [0.25, 0.3) is 0 Å². The van der Waals surface area contributed by atoms with Crippen LogP contribution in [0, 0.1) is 11.8 Å². The van der Waals surface area contributed by atoms with Gasteiger partial charge in [-0.05, 0) is 51.4 Å². The van der Waals surface area contributed by atoms with Gasteiger partial charge in [0.2, 0.25) is 0 Å². The first-order chi connectivity index (χ1) is 10.4. The second kappa shape index (κ2) is 12.0. The lowest BCUT2D eigenvalue weighted by molar-refractivity contribution is 0.0658. The Morgan fingerprint density at radius 2 is 0.773 bits per heavy atom. The van der Waals surface area contributed by atoms with Gasteiger partial charge in [0, 0.05) is 0 Å². The van der Waals surface area contributed by atoms with Crippen LogP contribution in [0.1, 0.15) is 105 Å². The molecule has 0 heterocycles. The molecular formula is C20H38O2. The lowest BCUT2D eigenvalue weighted by Crippen LogP contribution is -2.31. The van der Waals surface area contributed by atoms with Crippen LogP contribution in [0.25, 0.3) is 0 Å². The van der Waals surface area contributed by atoms with Gasteiger partial charge in [-0.25, -0.2) is 0 Å². The lowest BCUT2D eigenvalue weighted by atomic mass is 9.87. The molecule has 0 unspecified atom stereocenters. The fourth-order valence-electron chi connectivity index (χ4n) is 2.61. The molecule has 0 aromatic heterocycles. The topological polar surface area (TPSA) is 40.5 Å². The SMILES string of the molecule is CCCCC(O)(C#CC(O)(CCCC)CCCC)CCCC. The fraction of sp³-hybridized carbons (Fsp3) is 0.900. The van der Waals surface area contributed by atoms with E-state index in [-0.39, 0.29) is 0 Å². The Kier molecular flexibility index (Phi) is 11.7. The summed E-state index contributed by atoms with van der Waals surface area (Å²) in [5.41, 5.74) is -1.84. The molecule has 0 rings (SSSR count). The lowest BCUT2D eigenvalue weighted by Gasteiger charge is -2.25. The van der Waals surface area contributed by atoms with Crippen molar-refractivity contribution in [3.8, 4) is 11.8 Å². The Morgan fingerprint density at radius 3 is 0.955 bits per heavy atom. The average Bonchev–Trinajstić information content (AvgIpc) is 2.53. The van der Waals surface area contributed by atoms with Crippen LogP contribution in [0.5, 0.6) is 0 Å². The van der Waals surface area contributed by atoms with E-state index in [0.29, 0.717) is 25.7 Å². The maximum Gasteiger partial charge on any atom is 0.125 e. The minimum absolute atomic E-state index is 0.716. The molecule has 0 aromatic carbocycles. The monoisotopic (exact) mass is 310 g/mol. The summed E-state index contributed by atoms with van der Waals surface area (Å²) >= 11 is 0. The first kappa shape index (κ1) is 21.5. The second-order valence-electron chi connectivity index (χ2n) is 6.73. The minimum atomic E-state index is -0.918. The number of rotatable bonds is 12. The third-order valence-corrected chi connectivity index (χ3v) is 4.30.